The Balaban J connectivity index is 2.27. The van der Waals surface area contributed by atoms with Crippen LogP contribution in [0.1, 0.15) is 54.1 Å². The number of benzene rings is 1. The molecule has 0 heterocycles. The summed E-state index contributed by atoms with van der Waals surface area (Å²) in [6, 6.07) is 6.05. The smallest absolute Gasteiger partial charge is 0.254 e. The van der Waals surface area contributed by atoms with Gasteiger partial charge in [-0.2, -0.15) is 0 Å². The Kier molecular flexibility index (Phi) is 5.41. The van der Waals surface area contributed by atoms with Crippen LogP contribution in [0.4, 0.5) is 0 Å². The van der Waals surface area contributed by atoms with Crippen molar-refractivity contribution in [1.82, 2.24) is 4.90 Å². The number of amides is 1. The topological polar surface area (TPSA) is 40.5 Å². The number of nitrogens with zero attached hydrogens (tertiary/aromatic N) is 1. The molecule has 0 bridgehead atoms. The first-order valence-corrected chi connectivity index (χ1v) is 7.68. The summed E-state index contributed by atoms with van der Waals surface area (Å²) >= 11 is 0. The molecule has 0 spiro atoms. The fourth-order valence-corrected chi connectivity index (χ4v) is 3.01. The standard InChI is InChI=1S/C18H23NO2/c1-3-19(16-8-4-5-9-16)18(21)17-13-15(7-6-12-20)11-10-14(17)2/h10-11,13,16,20H,3-5,8-9,12H2,1-2H3. The molecule has 0 radical (unpaired) electrons. The average molecular weight is 285 g/mol. The maximum atomic E-state index is 12.8. The lowest BCUT2D eigenvalue weighted by atomic mass is 10.0. The first-order chi connectivity index (χ1) is 10.2. The minimum Gasteiger partial charge on any atom is -0.384 e. The highest BCUT2D eigenvalue weighted by Crippen LogP contribution is 2.25. The molecule has 3 heteroatoms. The second-order valence-electron chi connectivity index (χ2n) is 5.52. The van der Waals surface area contributed by atoms with Crippen LogP contribution in [-0.2, 0) is 0 Å². The molecule has 0 atom stereocenters. The summed E-state index contributed by atoms with van der Waals surface area (Å²) in [5.41, 5.74) is 2.49. The Labute approximate surface area is 127 Å². The molecule has 0 unspecified atom stereocenters. The lowest BCUT2D eigenvalue weighted by molar-refractivity contribution is 0.0693. The summed E-state index contributed by atoms with van der Waals surface area (Å²) < 4.78 is 0. The highest BCUT2D eigenvalue weighted by molar-refractivity contribution is 5.96. The van der Waals surface area contributed by atoms with E-state index in [9.17, 15) is 4.79 Å². The molecule has 1 aromatic rings. The lowest BCUT2D eigenvalue weighted by Crippen LogP contribution is -2.39. The molecule has 21 heavy (non-hydrogen) atoms. The largest absolute Gasteiger partial charge is 0.384 e. The molecule has 112 valence electrons. The third-order valence-corrected chi connectivity index (χ3v) is 4.15. The van der Waals surface area contributed by atoms with Gasteiger partial charge in [-0.25, -0.2) is 0 Å². The summed E-state index contributed by atoms with van der Waals surface area (Å²) in [7, 11) is 0. The number of aliphatic hydroxyl groups is 1. The van der Waals surface area contributed by atoms with Gasteiger partial charge in [0.25, 0.3) is 5.91 Å². The predicted octanol–water partition coefficient (Wildman–Crippen LogP) is 2.74. The Morgan fingerprint density at radius 3 is 2.71 bits per heavy atom. The van der Waals surface area contributed by atoms with Gasteiger partial charge < -0.3 is 10.0 Å². The van der Waals surface area contributed by atoms with E-state index in [1.807, 2.05) is 36.9 Å². The van der Waals surface area contributed by atoms with Crippen molar-refractivity contribution in [2.45, 2.75) is 45.6 Å². The lowest BCUT2D eigenvalue weighted by Gasteiger charge is -2.28. The van der Waals surface area contributed by atoms with Gasteiger partial charge in [-0.05, 0) is 44.4 Å². The molecule has 0 aliphatic heterocycles. The van der Waals surface area contributed by atoms with Gasteiger partial charge in [-0.3, -0.25) is 4.79 Å². The van der Waals surface area contributed by atoms with Crippen LogP contribution in [0.2, 0.25) is 0 Å². The van der Waals surface area contributed by atoms with E-state index >= 15 is 0 Å². The number of aliphatic hydroxyl groups excluding tert-OH is 1. The van der Waals surface area contributed by atoms with Crippen LogP contribution in [0.3, 0.4) is 0 Å². The maximum Gasteiger partial charge on any atom is 0.254 e. The van der Waals surface area contributed by atoms with Crippen molar-refractivity contribution < 1.29 is 9.90 Å². The van der Waals surface area contributed by atoms with Crippen molar-refractivity contribution in [2.75, 3.05) is 13.2 Å². The van der Waals surface area contributed by atoms with Crippen molar-refractivity contribution in [1.29, 1.82) is 0 Å². The monoisotopic (exact) mass is 285 g/mol. The van der Waals surface area contributed by atoms with Gasteiger partial charge in [-0.1, -0.05) is 30.7 Å². The Morgan fingerprint density at radius 2 is 2.10 bits per heavy atom. The molecular weight excluding hydrogens is 262 g/mol. The third-order valence-electron chi connectivity index (χ3n) is 4.15. The molecule has 1 aliphatic rings. The SMILES string of the molecule is CCN(C(=O)c1cc(C#CCO)ccc1C)C1CCCC1. The van der Waals surface area contributed by atoms with E-state index in [0.29, 0.717) is 6.04 Å². The fraction of sp³-hybridized carbons (Fsp3) is 0.500. The van der Waals surface area contributed by atoms with E-state index < -0.39 is 0 Å². The Hall–Kier alpha value is -1.79. The zero-order chi connectivity index (χ0) is 15.2. The molecule has 0 saturated heterocycles. The van der Waals surface area contributed by atoms with E-state index in [4.69, 9.17) is 5.11 Å². The van der Waals surface area contributed by atoms with Gasteiger partial charge in [0.2, 0.25) is 0 Å². The number of hydrogen-bond donors (Lipinski definition) is 1. The van der Waals surface area contributed by atoms with Crippen molar-refractivity contribution in [3.63, 3.8) is 0 Å². The molecule has 2 rings (SSSR count). The second kappa shape index (κ2) is 7.28. The van der Waals surface area contributed by atoms with Crippen LogP contribution in [-0.4, -0.2) is 35.1 Å². The molecule has 1 fully saturated rings. The van der Waals surface area contributed by atoms with Crippen LogP contribution < -0.4 is 0 Å². The molecule has 0 aromatic heterocycles. The van der Waals surface area contributed by atoms with Crippen molar-refractivity contribution >= 4 is 5.91 Å². The van der Waals surface area contributed by atoms with E-state index in [0.717, 1.165) is 36.1 Å². The molecule has 1 saturated carbocycles. The first kappa shape index (κ1) is 15.6. The van der Waals surface area contributed by atoms with Crippen LogP contribution in [0.5, 0.6) is 0 Å². The average Bonchev–Trinajstić information content (AvgIpc) is 3.01. The zero-order valence-electron chi connectivity index (χ0n) is 12.9. The third kappa shape index (κ3) is 3.65. The van der Waals surface area contributed by atoms with Gasteiger partial charge in [0.15, 0.2) is 0 Å². The normalized spacial score (nSPS) is 14.6. The van der Waals surface area contributed by atoms with Crippen LogP contribution in [0.15, 0.2) is 18.2 Å². The second-order valence-corrected chi connectivity index (χ2v) is 5.52. The molecule has 3 nitrogen and oxygen atoms in total. The quantitative estimate of drug-likeness (QED) is 0.868. The summed E-state index contributed by atoms with van der Waals surface area (Å²) in [6.45, 7) is 4.58. The van der Waals surface area contributed by atoms with Gasteiger partial charge in [0.1, 0.15) is 6.61 Å². The molecule has 1 amide bonds. The molecule has 1 N–H and O–H groups in total. The van der Waals surface area contributed by atoms with Crippen LogP contribution >= 0.6 is 0 Å². The van der Waals surface area contributed by atoms with Crippen molar-refractivity contribution in [3.8, 4) is 11.8 Å². The summed E-state index contributed by atoms with van der Waals surface area (Å²) in [4.78, 5) is 14.8. The van der Waals surface area contributed by atoms with E-state index in [2.05, 4.69) is 11.8 Å². The van der Waals surface area contributed by atoms with Crippen molar-refractivity contribution in [3.05, 3.63) is 34.9 Å². The molecule has 1 aromatic carbocycles. The van der Waals surface area contributed by atoms with Gasteiger partial charge in [-0.15, -0.1) is 0 Å². The first-order valence-electron chi connectivity index (χ1n) is 7.68. The number of aryl methyl sites for hydroxylation is 1. The zero-order valence-corrected chi connectivity index (χ0v) is 12.9. The van der Waals surface area contributed by atoms with Gasteiger partial charge in [0, 0.05) is 23.7 Å². The number of hydrogen-bond acceptors (Lipinski definition) is 2. The van der Waals surface area contributed by atoms with Crippen LogP contribution in [0.25, 0.3) is 0 Å². The number of carbonyl (C=O) groups excluding carboxylic acids is 1. The molecular formula is C18H23NO2. The van der Waals surface area contributed by atoms with E-state index in [-0.39, 0.29) is 12.5 Å². The summed E-state index contributed by atoms with van der Waals surface area (Å²) in [5.74, 6) is 5.61. The van der Waals surface area contributed by atoms with Gasteiger partial charge >= 0.3 is 0 Å². The number of carbonyl (C=O) groups is 1. The Bertz CT molecular complexity index is 562. The van der Waals surface area contributed by atoms with Crippen molar-refractivity contribution in [2.24, 2.45) is 0 Å². The van der Waals surface area contributed by atoms with E-state index in [1.165, 1.54) is 12.8 Å². The summed E-state index contributed by atoms with van der Waals surface area (Å²) in [6.07, 6.45) is 4.66. The van der Waals surface area contributed by atoms with Crippen LogP contribution in [0, 0.1) is 18.8 Å². The maximum absolute atomic E-state index is 12.8. The Morgan fingerprint density at radius 1 is 1.38 bits per heavy atom. The van der Waals surface area contributed by atoms with Gasteiger partial charge in [0.05, 0.1) is 0 Å². The minimum atomic E-state index is -0.166. The highest BCUT2D eigenvalue weighted by Gasteiger charge is 2.26. The predicted molar refractivity (Wildman–Crippen MR) is 84.1 cm³/mol. The number of rotatable bonds is 3. The minimum absolute atomic E-state index is 0.106. The molecule has 1 aliphatic carbocycles. The fourth-order valence-electron chi connectivity index (χ4n) is 3.01. The summed E-state index contributed by atoms with van der Waals surface area (Å²) in [5, 5.41) is 8.78. The highest BCUT2D eigenvalue weighted by atomic mass is 16.2. The van der Waals surface area contributed by atoms with E-state index in [1.54, 1.807) is 0 Å².